The highest BCUT2D eigenvalue weighted by atomic mass is 35.5. The van der Waals surface area contributed by atoms with Gasteiger partial charge in [-0.15, -0.1) is 12.4 Å². The van der Waals surface area contributed by atoms with E-state index in [4.69, 9.17) is 0 Å². The molecule has 0 radical (unpaired) electrons. The number of carbonyl (C=O) groups is 2. The summed E-state index contributed by atoms with van der Waals surface area (Å²) >= 11 is 0. The van der Waals surface area contributed by atoms with E-state index in [2.05, 4.69) is 10.6 Å². The van der Waals surface area contributed by atoms with E-state index in [0.29, 0.717) is 17.6 Å². The maximum atomic E-state index is 12.4. The molecule has 2 aliphatic rings. The predicted molar refractivity (Wildman–Crippen MR) is 98.0 cm³/mol. The van der Waals surface area contributed by atoms with Gasteiger partial charge in [-0.1, -0.05) is 12.8 Å². The van der Waals surface area contributed by atoms with Gasteiger partial charge in [-0.3, -0.25) is 9.59 Å². The molecule has 3 N–H and O–H groups in total. The molecule has 1 aliphatic heterocycles. The largest absolute Gasteiger partial charge is 0.405 e. The molecule has 3 atom stereocenters. The van der Waals surface area contributed by atoms with Crippen LogP contribution in [0.2, 0.25) is 0 Å². The zero-order chi connectivity index (χ0) is 18.7. The third-order valence-electron chi connectivity index (χ3n) is 5.04. The molecule has 9 heteroatoms. The molecule has 1 saturated heterocycles. The van der Waals surface area contributed by atoms with Gasteiger partial charge in [0.1, 0.15) is 6.54 Å². The fourth-order valence-electron chi connectivity index (χ4n) is 3.74. The molecule has 1 aromatic carbocycles. The first-order valence-corrected chi connectivity index (χ1v) is 8.84. The van der Waals surface area contributed by atoms with Crippen LogP contribution in [0.5, 0.6) is 0 Å². The van der Waals surface area contributed by atoms with Crippen molar-refractivity contribution in [2.75, 3.05) is 11.9 Å². The van der Waals surface area contributed by atoms with Gasteiger partial charge in [0.15, 0.2) is 0 Å². The maximum Gasteiger partial charge on any atom is 0.405 e. The molecular formula is C18H23ClF3N3O2. The Kier molecular flexibility index (Phi) is 7.11. The van der Waals surface area contributed by atoms with E-state index in [1.54, 1.807) is 0 Å². The highest BCUT2D eigenvalue weighted by molar-refractivity contribution is 5.97. The van der Waals surface area contributed by atoms with Crippen molar-refractivity contribution in [1.29, 1.82) is 0 Å². The first-order chi connectivity index (χ1) is 12.3. The summed E-state index contributed by atoms with van der Waals surface area (Å²) in [4.78, 5) is 24.1. The van der Waals surface area contributed by atoms with Gasteiger partial charge in [-0.05, 0) is 49.4 Å². The number of amides is 2. The monoisotopic (exact) mass is 405 g/mol. The van der Waals surface area contributed by atoms with E-state index in [9.17, 15) is 22.8 Å². The summed E-state index contributed by atoms with van der Waals surface area (Å²) in [6.45, 7) is -1.37. The SMILES string of the molecule is Cl.O=C(NCC(F)(F)F)c1ccc(NC(=O)C2CC3CCCCC3N2)cc1. The predicted octanol–water partition coefficient (Wildman–Crippen LogP) is 3.26. The van der Waals surface area contributed by atoms with Crippen LogP contribution in [0.3, 0.4) is 0 Å². The van der Waals surface area contributed by atoms with Crippen LogP contribution in [0.1, 0.15) is 42.5 Å². The van der Waals surface area contributed by atoms with Crippen LogP contribution in [0, 0.1) is 5.92 Å². The van der Waals surface area contributed by atoms with Gasteiger partial charge < -0.3 is 16.0 Å². The summed E-state index contributed by atoms with van der Waals surface area (Å²) in [5, 5.41) is 8.00. The lowest BCUT2D eigenvalue weighted by Crippen LogP contribution is -2.39. The number of carbonyl (C=O) groups excluding carboxylic acids is 2. The smallest absolute Gasteiger partial charge is 0.343 e. The number of hydrogen-bond donors (Lipinski definition) is 3. The number of benzene rings is 1. The molecule has 5 nitrogen and oxygen atoms in total. The van der Waals surface area contributed by atoms with Crippen molar-refractivity contribution in [2.24, 2.45) is 5.92 Å². The van der Waals surface area contributed by atoms with Gasteiger partial charge in [0, 0.05) is 17.3 Å². The van der Waals surface area contributed by atoms with E-state index in [0.717, 1.165) is 19.3 Å². The third-order valence-corrected chi connectivity index (χ3v) is 5.04. The number of anilines is 1. The van der Waals surface area contributed by atoms with Gasteiger partial charge in [0.25, 0.3) is 5.91 Å². The molecule has 3 unspecified atom stereocenters. The zero-order valence-electron chi connectivity index (χ0n) is 14.6. The Labute approximate surface area is 161 Å². The zero-order valence-corrected chi connectivity index (χ0v) is 15.5. The van der Waals surface area contributed by atoms with Gasteiger partial charge in [0.2, 0.25) is 5.91 Å². The van der Waals surface area contributed by atoms with Crippen molar-refractivity contribution >= 4 is 29.9 Å². The molecule has 150 valence electrons. The Bertz CT molecular complexity index is 653. The van der Waals surface area contributed by atoms with Crippen LogP contribution in [0.25, 0.3) is 0 Å². The van der Waals surface area contributed by atoms with Crippen molar-refractivity contribution in [3.05, 3.63) is 29.8 Å². The normalized spacial score (nSPS) is 24.5. The van der Waals surface area contributed by atoms with E-state index >= 15 is 0 Å². The fraction of sp³-hybridized carbons (Fsp3) is 0.556. The number of rotatable bonds is 4. The van der Waals surface area contributed by atoms with Crippen LogP contribution < -0.4 is 16.0 Å². The van der Waals surface area contributed by atoms with Crippen LogP contribution >= 0.6 is 12.4 Å². The molecule has 1 heterocycles. The van der Waals surface area contributed by atoms with Crippen molar-refractivity contribution < 1.29 is 22.8 Å². The summed E-state index contributed by atoms with van der Waals surface area (Å²) in [5.74, 6) is -0.366. The molecule has 0 spiro atoms. The molecule has 1 saturated carbocycles. The number of fused-ring (bicyclic) bond motifs is 1. The maximum absolute atomic E-state index is 12.4. The van der Waals surface area contributed by atoms with Crippen molar-refractivity contribution in [2.45, 2.75) is 50.4 Å². The molecule has 0 bridgehead atoms. The minimum absolute atomic E-state index is 0. The van der Waals surface area contributed by atoms with Crippen LogP contribution in [0.4, 0.5) is 18.9 Å². The van der Waals surface area contributed by atoms with Crippen LogP contribution in [0.15, 0.2) is 24.3 Å². The minimum atomic E-state index is -4.45. The Morgan fingerprint density at radius 2 is 1.78 bits per heavy atom. The first kappa shape index (κ1) is 21.5. The van der Waals surface area contributed by atoms with Gasteiger partial charge >= 0.3 is 6.18 Å². The molecule has 2 amide bonds. The van der Waals surface area contributed by atoms with E-state index in [-0.39, 0.29) is 29.9 Å². The molecule has 0 aromatic heterocycles. The first-order valence-electron chi connectivity index (χ1n) is 8.84. The van der Waals surface area contributed by atoms with E-state index < -0.39 is 18.6 Å². The second-order valence-corrected chi connectivity index (χ2v) is 6.97. The Morgan fingerprint density at radius 1 is 1.11 bits per heavy atom. The van der Waals surface area contributed by atoms with E-state index in [1.807, 2.05) is 5.32 Å². The number of hydrogen-bond acceptors (Lipinski definition) is 3. The van der Waals surface area contributed by atoms with Crippen LogP contribution in [-0.2, 0) is 4.79 Å². The average Bonchev–Trinajstić information content (AvgIpc) is 3.04. The van der Waals surface area contributed by atoms with Gasteiger partial charge in [-0.2, -0.15) is 13.2 Å². The molecular weight excluding hydrogens is 383 g/mol. The summed E-state index contributed by atoms with van der Waals surface area (Å²) in [6.07, 6.45) is 1.05. The lowest BCUT2D eigenvalue weighted by atomic mass is 9.85. The topological polar surface area (TPSA) is 70.2 Å². The van der Waals surface area contributed by atoms with Gasteiger partial charge in [0.05, 0.1) is 6.04 Å². The summed E-state index contributed by atoms with van der Waals surface area (Å²) in [7, 11) is 0. The molecule has 1 aliphatic carbocycles. The Morgan fingerprint density at radius 3 is 2.41 bits per heavy atom. The second kappa shape index (κ2) is 8.93. The molecule has 2 fully saturated rings. The minimum Gasteiger partial charge on any atom is -0.343 e. The lowest BCUT2D eigenvalue weighted by Gasteiger charge is -2.24. The van der Waals surface area contributed by atoms with Crippen molar-refractivity contribution in [1.82, 2.24) is 10.6 Å². The highest BCUT2D eigenvalue weighted by Crippen LogP contribution is 2.33. The van der Waals surface area contributed by atoms with Crippen molar-refractivity contribution in [3.8, 4) is 0 Å². The van der Waals surface area contributed by atoms with E-state index in [1.165, 1.54) is 37.1 Å². The third kappa shape index (κ3) is 5.84. The number of alkyl halides is 3. The Balaban J connectivity index is 0.00000261. The summed E-state index contributed by atoms with van der Waals surface area (Å²) in [5.41, 5.74) is 0.622. The standard InChI is InChI=1S/C18H22F3N3O2.ClH/c19-18(20,21)10-22-16(25)11-5-7-13(8-6-11)23-17(26)15-9-12-3-1-2-4-14(12)24-15;/h5-8,12,14-15,24H,1-4,9-10H2,(H,22,25)(H,23,26);1H. The lowest BCUT2D eigenvalue weighted by molar-refractivity contribution is -0.123. The average molecular weight is 406 g/mol. The Hall–Kier alpha value is -1.80. The summed E-state index contributed by atoms with van der Waals surface area (Å²) in [6, 6.07) is 6.01. The van der Waals surface area contributed by atoms with Crippen LogP contribution in [-0.4, -0.2) is 36.6 Å². The fourth-order valence-corrected chi connectivity index (χ4v) is 3.74. The van der Waals surface area contributed by atoms with Gasteiger partial charge in [-0.25, -0.2) is 0 Å². The molecule has 3 rings (SSSR count). The summed E-state index contributed by atoms with van der Waals surface area (Å²) < 4.78 is 36.4. The number of halogens is 4. The second-order valence-electron chi connectivity index (χ2n) is 6.97. The van der Waals surface area contributed by atoms with Crippen molar-refractivity contribution in [3.63, 3.8) is 0 Å². The number of nitrogens with one attached hydrogen (secondary N) is 3. The molecule has 1 aromatic rings. The molecule has 27 heavy (non-hydrogen) atoms. The quantitative estimate of drug-likeness (QED) is 0.720. The highest BCUT2D eigenvalue weighted by Gasteiger charge is 2.38.